The van der Waals surface area contributed by atoms with Crippen LogP contribution in [0.3, 0.4) is 0 Å². The molecule has 1 heterocycles. The lowest BCUT2D eigenvalue weighted by Crippen LogP contribution is -2.06. The maximum atomic E-state index is 11.2. The molecule has 0 saturated heterocycles. The molecule has 0 unspecified atom stereocenters. The van der Waals surface area contributed by atoms with Crippen molar-refractivity contribution in [2.45, 2.75) is 13.3 Å². The highest BCUT2D eigenvalue weighted by molar-refractivity contribution is 5.71. The van der Waals surface area contributed by atoms with Crippen molar-refractivity contribution >= 4 is 11.4 Å². The molecule has 6 nitrogen and oxygen atoms in total. The predicted molar refractivity (Wildman–Crippen MR) is 69.0 cm³/mol. The van der Waals surface area contributed by atoms with Crippen molar-refractivity contribution in [3.63, 3.8) is 0 Å². The summed E-state index contributed by atoms with van der Waals surface area (Å²) in [5.41, 5.74) is 1.12. The molecule has 0 aliphatic carbocycles. The van der Waals surface area contributed by atoms with Crippen molar-refractivity contribution in [3.05, 3.63) is 47.0 Å². The number of nitrogens with zero attached hydrogens (tertiary/aromatic N) is 3. The van der Waals surface area contributed by atoms with Gasteiger partial charge in [-0.15, -0.1) is 0 Å². The molecular formula is C12H14N4O2. The number of nitro benzene ring substituents is 1. The van der Waals surface area contributed by atoms with Crippen LogP contribution < -0.4 is 5.32 Å². The number of imidazole rings is 1. The Morgan fingerprint density at radius 3 is 2.94 bits per heavy atom. The lowest BCUT2D eigenvalue weighted by Gasteiger charge is -2.09. The molecule has 0 amide bonds. The van der Waals surface area contributed by atoms with Crippen molar-refractivity contribution in [1.82, 2.24) is 9.55 Å². The van der Waals surface area contributed by atoms with Gasteiger partial charge in [0.1, 0.15) is 11.4 Å². The number of aromatic nitrogens is 2. The van der Waals surface area contributed by atoms with Crippen molar-refractivity contribution < 1.29 is 4.92 Å². The van der Waals surface area contributed by atoms with Crippen molar-refractivity contribution in [3.8, 4) is 5.69 Å². The van der Waals surface area contributed by atoms with E-state index < -0.39 is 0 Å². The third-order valence-corrected chi connectivity index (χ3v) is 2.55. The van der Waals surface area contributed by atoms with Gasteiger partial charge < -0.3 is 9.88 Å². The average Bonchev–Trinajstić information content (AvgIpc) is 2.89. The first-order valence-electron chi connectivity index (χ1n) is 5.73. The van der Waals surface area contributed by atoms with Crippen LogP contribution in [0.2, 0.25) is 0 Å². The van der Waals surface area contributed by atoms with Crippen LogP contribution in [-0.2, 0) is 0 Å². The zero-order valence-corrected chi connectivity index (χ0v) is 10.0. The van der Waals surface area contributed by atoms with E-state index in [1.54, 1.807) is 41.5 Å². The van der Waals surface area contributed by atoms with Gasteiger partial charge in [0, 0.05) is 18.9 Å². The highest BCUT2D eigenvalue weighted by Gasteiger charge is 2.20. The minimum atomic E-state index is -0.368. The fourth-order valence-corrected chi connectivity index (χ4v) is 1.74. The van der Waals surface area contributed by atoms with Gasteiger partial charge in [-0.05, 0) is 18.6 Å². The second kappa shape index (κ2) is 5.31. The van der Waals surface area contributed by atoms with Crippen molar-refractivity contribution in [1.29, 1.82) is 0 Å². The Balaban J connectivity index is 2.49. The van der Waals surface area contributed by atoms with E-state index in [2.05, 4.69) is 10.3 Å². The second-order valence-electron chi connectivity index (χ2n) is 3.83. The van der Waals surface area contributed by atoms with Crippen LogP contribution in [0.5, 0.6) is 0 Å². The SMILES string of the molecule is CCCNc1cccc(-n2ccnc2)c1[N+](=O)[O-]. The van der Waals surface area contributed by atoms with E-state index in [1.165, 1.54) is 0 Å². The Labute approximate surface area is 104 Å². The fourth-order valence-electron chi connectivity index (χ4n) is 1.74. The van der Waals surface area contributed by atoms with Gasteiger partial charge in [0.15, 0.2) is 0 Å². The molecule has 0 saturated carbocycles. The van der Waals surface area contributed by atoms with Gasteiger partial charge in [0.05, 0.1) is 11.3 Å². The molecule has 18 heavy (non-hydrogen) atoms. The largest absolute Gasteiger partial charge is 0.379 e. The molecule has 0 atom stereocenters. The lowest BCUT2D eigenvalue weighted by atomic mass is 10.2. The molecule has 94 valence electrons. The third-order valence-electron chi connectivity index (χ3n) is 2.55. The van der Waals surface area contributed by atoms with Gasteiger partial charge in [-0.25, -0.2) is 4.98 Å². The van der Waals surface area contributed by atoms with E-state index in [4.69, 9.17) is 0 Å². The third kappa shape index (κ3) is 2.32. The molecule has 6 heteroatoms. The zero-order chi connectivity index (χ0) is 13.0. The number of nitrogens with one attached hydrogen (secondary N) is 1. The summed E-state index contributed by atoms with van der Waals surface area (Å²) in [6, 6.07) is 5.21. The monoisotopic (exact) mass is 246 g/mol. The number of hydrogen-bond donors (Lipinski definition) is 1. The molecule has 0 aliphatic heterocycles. The van der Waals surface area contributed by atoms with Crippen LogP contribution in [-0.4, -0.2) is 21.0 Å². The van der Waals surface area contributed by atoms with Crippen LogP contribution in [0.4, 0.5) is 11.4 Å². The van der Waals surface area contributed by atoms with Crippen LogP contribution in [0.15, 0.2) is 36.9 Å². The summed E-state index contributed by atoms with van der Waals surface area (Å²) in [6.07, 6.45) is 5.74. The molecule has 2 rings (SSSR count). The summed E-state index contributed by atoms with van der Waals surface area (Å²) in [7, 11) is 0. The maximum absolute atomic E-state index is 11.2. The topological polar surface area (TPSA) is 73.0 Å². The quantitative estimate of drug-likeness (QED) is 0.650. The molecule has 0 radical (unpaired) electrons. The molecular weight excluding hydrogens is 232 g/mol. The Kier molecular flexibility index (Phi) is 3.57. The minimum absolute atomic E-state index is 0.0731. The number of para-hydroxylation sites is 1. The summed E-state index contributed by atoms with van der Waals surface area (Å²) in [6.45, 7) is 2.72. The van der Waals surface area contributed by atoms with Crippen molar-refractivity contribution in [2.75, 3.05) is 11.9 Å². The first-order valence-corrected chi connectivity index (χ1v) is 5.73. The van der Waals surface area contributed by atoms with E-state index in [0.29, 0.717) is 17.9 Å². The number of hydrogen-bond acceptors (Lipinski definition) is 4. The summed E-state index contributed by atoms with van der Waals surface area (Å²) in [5.74, 6) is 0. The molecule has 1 N–H and O–H groups in total. The average molecular weight is 246 g/mol. The molecule has 2 aromatic rings. The molecule has 0 fully saturated rings. The highest BCUT2D eigenvalue weighted by Crippen LogP contribution is 2.31. The number of rotatable bonds is 5. The van der Waals surface area contributed by atoms with E-state index >= 15 is 0 Å². The Morgan fingerprint density at radius 2 is 2.33 bits per heavy atom. The molecule has 1 aromatic carbocycles. The Morgan fingerprint density at radius 1 is 1.50 bits per heavy atom. The number of benzene rings is 1. The first-order chi connectivity index (χ1) is 8.74. The van der Waals surface area contributed by atoms with Gasteiger partial charge in [-0.3, -0.25) is 10.1 Å². The van der Waals surface area contributed by atoms with Crippen molar-refractivity contribution in [2.24, 2.45) is 0 Å². The Hall–Kier alpha value is -2.37. The van der Waals surface area contributed by atoms with E-state index in [-0.39, 0.29) is 10.6 Å². The van der Waals surface area contributed by atoms with E-state index in [1.807, 2.05) is 6.92 Å². The maximum Gasteiger partial charge on any atom is 0.316 e. The normalized spacial score (nSPS) is 10.3. The number of nitro groups is 1. The van der Waals surface area contributed by atoms with Gasteiger partial charge in [0.25, 0.3) is 0 Å². The van der Waals surface area contributed by atoms with Crippen LogP contribution >= 0.6 is 0 Å². The van der Waals surface area contributed by atoms with E-state index in [9.17, 15) is 10.1 Å². The predicted octanol–water partition coefficient (Wildman–Crippen LogP) is 2.60. The lowest BCUT2D eigenvalue weighted by molar-refractivity contribution is -0.383. The zero-order valence-electron chi connectivity index (χ0n) is 10.0. The van der Waals surface area contributed by atoms with Gasteiger partial charge >= 0.3 is 5.69 Å². The fraction of sp³-hybridized carbons (Fsp3) is 0.250. The Bertz CT molecular complexity index is 537. The summed E-state index contributed by atoms with van der Waals surface area (Å²) in [4.78, 5) is 14.8. The van der Waals surface area contributed by atoms with Crippen LogP contribution in [0.1, 0.15) is 13.3 Å². The molecule has 1 aromatic heterocycles. The molecule has 0 bridgehead atoms. The van der Waals surface area contributed by atoms with Gasteiger partial charge in [0.2, 0.25) is 0 Å². The highest BCUT2D eigenvalue weighted by atomic mass is 16.6. The summed E-state index contributed by atoms with van der Waals surface area (Å²) < 4.78 is 1.63. The van der Waals surface area contributed by atoms with E-state index in [0.717, 1.165) is 6.42 Å². The van der Waals surface area contributed by atoms with Crippen LogP contribution in [0, 0.1) is 10.1 Å². The van der Waals surface area contributed by atoms with Crippen LogP contribution in [0.25, 0.3) is 5.69 Å². The second-order valence-corrected chi connectivity index (χ2v) is 3.83. The summed E-state index contributed by atoms with van der Waals surface area (Å²) >= 11 is 0. The minimum Gasteiger partial charge on any atom is -0.379 e. The standard InChI is InChI=1S/C12H14N4O2/c1-2-6-14-10-4-3-5-11(12(10)16(17)18)15-8-7-13-9-15/h3-5,7-9,14H,2,6H2,1H3. The van der Waals surface area contributed by atoms with Gasteiger partial charge in [-0.2, -0.15) is 0 Å². The first kappa shape index (κ1) is 12.1. The molecule has 0 spiro atoms. The smallest absolute Gasteiger partial charge is 0.316 e. The summed E-state index contributed by atoms with van der Waals surface area (Å²) in [5, 5.41) is 14.3. The van der Waals surface area contributed by atoms with Gasteiger partial charge in [-0.1, -0.05) is 13.0 Å². The molecule has 0 aliphatic rings. The number of anilines is 1.